The summed E-state index contributed by atoms with van der Waals surface area (Å²) in [6, 6.07) is 6.80. The Bertz CT molecular complexity index is 597. The highest BCUT2D eigenvalue weighted by molar-refractivity contribution is 5.39. The van der Waals surface area contributed by atoms with E-state index in [9.17, 15) is 10.1 Å². The lowest BCUT2D eigenvalue weighted by atomic mass is 10.1. The number of nitro benzene ring substituents is 1. The molecule has 0 fully saturated rings. The molecule has 7 heteroatoms. The summed E-state index contributed by atoms with van der Waals surface area (Å²) in [5.41, 5.74) is 0.869. The van der Waals surface area contributed by atoms with Crippen molar-refractivity contribution in [2.75, 3.05) is 6.54 Å². The molecule has 1 heterocycles. The second-order valence-electron chi connectivity index (χ2n) is 4.71. The van der Waals surface area contributed by atoms with Gasteiger partial charge in [-0.2, -0.15) is 5.10 Å². The molecule has 0 aliphatic heterocycles. The van der Waals surface area contributed by atoms with Crippen molar-refractivity contribution in [1.82, 2.24) is 20.1 Å². The van der Waals surface area contributed by atoms with E-state index in [-0.39, 0.29) is 10.6 Å². The summed E-state index contributed by atoms with van der Waals surface area (Å²) in [7, 11) is 0. The van der Waals surface area contributed by atoms with E-state index in [4.69, 9.17) is 0 Å². The van der Waals surface area contributed by atoms with Gasteiger partial charge in [-0.05, 0) is 19.4 Å². The first-order valence-corrected chi connectivity index (χ1v) is 7.02. The second-order valence-corrected chi connectivity index (χ2v) is 4.71. The van der Waals surface area contributed by atoms with Crippen LogP contribution in [0.3, 0.4) is 0 Å². The number of nitro groups is 1. The van der Waals surface area contributed by atoms with Gasteiger partial charge < -0.3 is 5.32 Å². The smallest absolute Gasteiger partial charge is 0.272 e. The molecule has 112 valence electrons. The largest absolute Gasteiger partial charge is 0.310 e. The van der Waals surface area contributed by atoms with Crippen LogP contribution in [-0.2, 0) is 19.5 Å². The second kappa shape index (κ2) is 7.49. The number of hydrogen-bond donors (Lipinski definition) is 1. The highest BCUT2D eigenvalue weighted by Gasteiger charge is 2.13. The Morgan fingerprint density at radius 2 is 2.19 bits per heavy atom. The number of rotatable bonds is 8. The number of hydrogen-bond acceptors (Lipinski definition) is 5. The molecule has 0 spiro atoms. The van der Waals surface area contributed by atoms with Gasteiger partial charge in [-0.25, -0.2) is 9.67 Å². The average molecular weight is 289 g/mol. The quantitative estimate of drug-likeness (QED) is 0.456. The van der Waals surface area contributed by atoms with Gasteiger partial charge in [-0.3, -0.25) is 10.1 Å². The van der Waals surface area contributed by atoms with Crippen LogP contribution in [0.4, 0.5) is 5.69 Å². The van der Waals surface area contributed by atoms with Crippen LogP contribution in [-0.4, -0.2) is 26.2 Å². The van der Waals surface area contributed by atoms with Crippen molar-refractivity contribution in [3.05, 3.63) is 52.1 Å². The lowest BCUT2D eigenvalue weighted by Gasteiger charge is -2.07. The van der Waals surface area contributed by atoms with Crippen LogP contribution < -0.4 is 5.32 Å². The molecule has 2 rings (SSSR count). The molecule has 0 saturated heterocycles. The lowest BCUT2D eigenvalue weighted by Crippen LogP contribution is -2.19. The molecule has 1 aromatic carbocycles. The normalized spacial score (nSPS) is 10.7. The summed E-state index contributed by atoms with van der Waals surface area (Å²) in [5, 5.41) is 18.4. The maximum absolute atomic E-state index is 11.0. The molecular formula is C14H19N5O2. The molecule has 0 bridgehead atoms. The van der Waals surface area contributed by atoms with Crippen molar-refractivity contribution in [2.45, 2.75) is 32.9 Å². The summed E-state index contributed by atoms with van der Waals surface area (Å²) in [6.07, 6.45) is 3.13. The SMILES string of the molecule is CCCNCc1ncnn1CCc1ccccc1[N+](=O)[O-]. The van der Waals surface area contributed by atoms with Gasteiger partial charge in [0, 0.05) is 18.2 Å². The zero-order valence-corrected chi connectivity index (χ0v) is 12.0. The summed E-state index contributed by atoms with van der Waals surface area (Å²) < 4.78 is 1.79. The molecule has 0 aliphatic carbocycles. The molecule has 0 atom stereocenters. The fourth-order valence-corrected chi connectivity index (χ4v) is 2.12. The monoisotopic (exact) mass is 289 g/mol. The molecule has 0 amide bonds. The number of aromatic nitrogens is 3. The molecule has 1 aromatic heterocycles. The van der Waals surface area contributed by atoms with Crippen LogP contribution in [0.1, 0.15) is 24.7 Å². The zero-order chi connectivity index (χ0) is 15.1. The van der Waals surface area contributed by atoms with Gasteiger partial charge in [-0.15, -0.1) is 0 Å². The van der Waals surface area contributed by atoms with Crippen molar-refractivity contribution >= 4 is 5.69 Å². The number of benzene rings is 1. The van der Waals surface area contributed by atoms with Gasteiger partial charge in [0.1, 0.15) is 12.2 Å². The molecule has 7 nitrogen and oxygen atoms in total. The summed E-state index contributed by atoms with van der Waals surface area (Å²) >= 11 is 0. The van der Waals surface area contributed by atoms with Gasteiger partial charge in [0.05, 0.1) is 11.5 Å². The Balaban J connectivity index is 2.00. The Morgan fingerprint density at radius 1 is 1.38 bits per heavy atom. The van der Waals surface area contributed by atoms with Gasteiger partial charge in [0.25, 0.3) is 5.69 Å². The molecule has 21 heavy (non-hydrogen) atoms. The Hall–Kier alpha value is -2.28. The fraction of sp³-hybridized carbons (Fsp3) is 0.429. The van der Waals surface area contributed by atoms with E-state index >= 15 is 0 Å². The number of nitrogens with one attached hydrogen (secondary N) is 1. The minimum absolute atomic E-state index is 0.156. The Kier molecular flexibility index (Phi) is 5.39. The molecule has 0 radical (unpaired) electrons. The Morgan fingerprint density at radius 3 is 2.95 bits per heavy atom. The molecule has 0 unspecified atom stereocenters. The third-order valence-corrected chi connectivity index (χ3v) is 3.19. The van der Waals surface area contributed by atoms with Crippen molar-refractivity contribution in [3.63, 3.8) is 0 Å². The fourth-order valence-electron chi connectivity index (χ4n) is 2.12. The predicted octanol–water partition coefficient (Wildman–Crippen LogP) is 1.93. The van der Waals surface area contributed by atoms with Crippen LogP contribution in [0.15, 0.2) is 30.6 Å². The van der Waals surface area contributed by atoms with E-state index in [1.165, 1.54) is 12.4 Å². The summed E-state index contributed by atoms with van der Waals surface area (Å²) in [4.78, 5) is 14.9. The zero-order valence-electron chi connectivity index (χ0n) is 12.0. The summed E-state index contributed by atoms with van der Waals surface area (Å²) in [6.45, 7) is 4.27. The molecule has 1 N–H and O–H groups in total. The van der Waals surface area contributed by atoms with Crippen LogP contribution in [0.2, 0.25) is 0 Å². The molecule has 0 aliphatic rings. The third-order valence-electron chi connectivity index (χ3n) is 3.19. The van der Waals surface area contributed by atoms with E-state index in [0.717, 1.165) is 18.8 Å². The van der Waals surface area contributed by atoms with Crippen LogP contribution >= 0.6 is 0 Å². The number of para-hydroxylation sites is 1. The lowest BCUT2D eigenvalue weighted by molar-refractivity contribution is -0.385. The molecular weight excluding hydrogens is 270 g/mol. The topological polar surface area (TPSA) is 85.9 Å². The Labute approximate surface area is 123 Å². The predicted molar refractivity (Wildman–Crippen MR) is 78.8 cm³/mol. The van der Waals surface area contributed by atoms with Crippen LogP contribution in [0, 0.1) is 10.1 Å². The molecule has 2 aromatic rings. The highest BCUT2D eigenvalue weighted by atomic mass is 16.6. The van der Waals surface area contributed by atoms with Gasteiger partial charge in [0.2, 0.25) is 0 Å². The maximum Gasteiger partial charge on any atom is 0.272 e. The minimum atomic E-state index is -0.347. The third kappa shape index (κ3) is 4.09. The number of aryl methyl sites for hydroxylation is 2. The first-order valence-electron chi connectivity index (χ1n) is 7.02. The van der Waals surface area contributed by atoms with Crippen molar-refractivity contribution in [3.8, 4) is 0 Å². The molecule has 0 saturated carbocycles. The van der Waals surface area contributed by atoms with Gasteiger partial charge in [-0.1, -0.05) is 25.1 Å². The minimum Gasteiger partial charge on any atom is -0.310 e. The van der Waals surface area contributed by atoms with E-state index in [1.54, 1.807) is 16.8 Å². The first kappa shape index (κ1) is 15.1. The van der Waals surface area contributed by atoms with Crippen molar-refractivity contribution in [1.29, 1.82) is 0 Å². The first-order chi connectivity index (χ1) is 10.2. The van der Waals surface area contributed by atoms with E-state index in [1.807, 2.05) is 6.07 Å². The van der Waals surface area contributed by atoms with Crippen LogP contribution in [0.25, 0.3) is 0 Å². The van der Waals surface area contributed by atoms with E-state index in [0.29, 0.717) is 25.1 Å². The van der Waals surface area contributed by atoms with Crippen molar-refractivity contribution < 1.29 is 4.92 Å². The maximum atomic E-state index is 11.0. The van der Waals surface area contributed by atoms with E-state index < -0.39 is 0 Å². The van der Waals surface area contributed by atoms with Gasteiger partial charge in [0.15, 0.2) is 0 Å². The van der Waals surface area contributed by atoms with E-state index in [2.05, 4.69) is 22.3 Å². The summed E-state index contributed by atoms with van der Waals surface area (Å²) in [5.74, 6) is 0.849. The number of nitrogens with zero attached hydrogens (tertiary/aromatic N) is 4. The van der Waals surface area contributed by atoms with Gasteiger partial charge >= 0.3 is 0 Å². The standard InChI is InChI=1S/C14H19N5O2/c1-2-8-15-10-14-16-11-17-18(14)9-7-12-5-3-4-6-13(12)19(20)21/h3-6,11,15H,2,7-10H2,1H3. The van der Waals surface area contributed by atoms with Crippen LogP contribution in [0.5, 0.6) is 0 Å². The van der Waals surface area contributed by atoms with Crippen molar-refractivity contribution in [2.24, 2.45) is 0 Å². The highest BCUT2D eigenvalue weighted by Crippen LogP contribution is 2.18. The average Bonchev–Trinajstić information content (AvgIpc) is 2.93.